The summed E-state index contributed by atoms with van der Waals surface area (Å²) in [5.74, 6) is -1.86. The highest BCUT2D eigenvalue weighted by Gasteiger charge is 2.36. The molecule has 0 radical (unpaired) electrons. The van der Waals surface area contributed by atoms with Gasteiger partial charge in [-0.3, -0.25) is 9.59 Å². The molecule has 1 aliphatic rings. The molecule has 0 fully saturated rings. The van der Waals surface area contributed by atoms with E-state index in [1.165, 1.54) is 23.1 Å². The third kappa shape index (κ3) is 3.05. The molecule has 0 aromatic heterocycles. The first-order chi connectivity index (χ1) is 11.5. The zero-order chi connectivity index (χ0) is 17.3. The van der Waals surface area contributed by atoms with Crippen LogP contribution in [0.2, 0.25) is 5.02 Å². The number of amides is 1. The zero-order valence-corrected chi connectivity index (χ0v) is 13.2. The second kappa shape index (κ2) is 6.49. The van der Waals surface area contributed by atoms with Gasteiger partial charge in [-0.2, -0.15) is 0 Å². The fourth-order valence-corrected chi connectivity index (χ4v) is 2.79. The summed E-state index contributed by atoms with van der Waals surface area (Å²) >= 11 is 6.04. The number of nitrogens with zero attached hydrogens (tertiary/aromatic N) is 1. The van der Waals surface area contributed by atoms with Crippen LogP contribution in [-0.4, -0.2) is 23.1 Å². The Labute approximate surface area is 142 Å². The summed E-state index contributed by atoms with van der Waals surface area (Å²) in [5.41, 5.74) is 0.613. The topological polar surface area (TPSA) is 66.8 Å². The molecule has 0 spiro atoms. The molecular formula is C17H13ClFNO4. The van der Waals surface area contributed by atoms with Gasteiger partial charge in [-0.15, -0.1) is 0 Å². The van der Waals surface area contributed by atoms with E-state index in [9.17, 15) is 14.0 Å². The van der Waals surface area contributed by atoms with Crippen molar-refractivity contribution < 1.29 is 23.8 Å². The van der Waals surface area contributed by atoms with Crippen molar-refractivity contribution in [3.05, 3.63) is 58.9 Å². The Morgan fingerprint density at radius 3 is 2.71 bits per heavy atom. The molecular weight excluding hydrogens is 337 g/mol. The molecule has 1 N–H and O–H groups in total. The van der Waals surface area contributed by atoms with Gasteiger partial charge in [0.2, 0.25) is 0 Å². The summed E-state index contributed by atoms with van der Waals surface area (Å²) < 4.78 is 19.6. The van der Waals surface area contributed by atoms with Crippen LogP contribution in [0, 0.1) is 5.82 Å². The number of benzene rings is 2. The standard InChI is InChI=1S/C17H13ClFNO4/c18-11-4-3-5-12(19)10(11)9-20-13-6-1-2-7-14(13)24-15(17(20)23)8-16(21)22/h1-7,15H,8-9H2,(H,21,22). The van der Waals surface area contributed by atoms with Gasteiger partial charge in [0.1, 0.15) is 11.6 Å². The Kier molecular flexibility index (Phi) is 4.40. The molecule has 2 aromatic carbocycles. The molecule has 1 unspecified atom stereocenters. The molecule has 0 saturated carbocycles. The van der Waals surface area contributed by atoms with Crippen molar-refractivity contribution in [2.75, 3.05) is 4.90 Å². The molecule has 24 heavy (non-hydrogen) atoms. The summed E-state index contributed by atoms with van der Waals surface area (Å²) in [4.78, 5) is 24.9. The lowest BCUT2D eigenvalue weighted by molar-refractivity contribution is -0.142. The van der Waals surface area contributed by atoms with Crippen LogP contribution in [0.15, 0.2) is 42.5 Å². The molecule has 124 valence electrons. The smallest absolute Gasteiger partial charge is 0.307 e. The molecule has 1 atom stereocenters. The van der Waals surface area contributed by atoms with Crippen molar-refractivity contribution in [3.8, 4) is 5.75 Å². The quantitative estimate of drug-likeness (QED) is 0.920. The average Bonchev–Trinajstić information content (AvgIpc) is 2.53. The fourth-order valence-electron chi connectivity index (χ4n) is 2.57. The number of carbonyl (C=O) groups is 2. The Hall–Kier alpha value is -2.60. The maximum atomic E-state index is 14.1. The van der Waals surface area contributed by atoms with Gasteiger partial charge in [-0.05, 0) is 24.3 Å². The summed E-state index contributed by atoms with van der Waals surface area (Å²) in [6, 6.07) is 11.0. The lowest BCUT2D eigenvalue weighted by Crippen LogP contribution is -2.46. The maximum Gasteiger partial charge on any atom is 0.307 e. The zero-order valence-electron chi connectivity index (χ0n) is 12.4. The monoisotopic (exact) mass is 349 g/mol. The number of ether oxygens (including phenoxy) is 1. The van der Waals surface area contributed by atoms with Gasteiger partial charge in [0.05, 0.1) is 18.7 Å². The number of hydrogen-bond acceptors (Lipinski definition) is 3. The Balaban J connectivity index is 2.01. The number of rotatable bonds is 4. The van der Waals surface area contributed by atoms with Crippen molar-refractivity contribution in [3.63, 3.8) is 0 Å². The molecule has 2 aromatic rings. The van der Waals surface area contributed by atoms with E-state index in [4.69, 9.17) is 21.4 Å². The normalized spacial score (nSPS) is 16.5. The van der Waals surface area contributed by atoms with E-state index in [0.717, 1.165) is 0 Å². The number of fused-ring (bicyclic) bond motifs is 1. The van der Waals surface area contributed by atoms with Crippen LogP contribution in [0.4, 0.5) is 10.1 Å². The number of carboxylic acid groups (broad SMARTS) is 1. The summed E-state index contributed by atoms with van der Waals surface area (Å²) in [6.07, 6.45) is -1.64. The van der Waals surface area contributed by atoms with E-state index in [0.29, 0.717) is 11.4 Å². The van der Waals surface area contributed by atoms with E-state index in [1.807, 2.05) is 0 Å². The van der Waals surface area contributed by atoms with Crippen molar-refractivity contribution in [2.45, 2.75) is 19.1 Å². The van der Waals surface area contributed by atoms with Crippen molar-refractivity contribution in [2.24, 2.45) is 0 Å². The van der Waals surface area contributed by atoms with Crippen LogP contribution in [0.3, 0.4) is 0 Å². The predicted molar refractivity (Wildman–Crippen MR) is 85.7 cm³/mol. The highest BCUT2D eigenvalue weighted by atomic mass is 35.5. The number of aliphatic carboxylic acids is 1. The number of carboxylic acids is 1. The third-order valence-electron chi connectivity index (χ3n) is 3.70. The van der Waals surface area contributed by atoms with Gasteiger partial charge >= 0.3 is 5.97 Å². The molecule has 1 amide bonds. The molecule has 5 nitrogen and oxygen atoms in total. The van der Waals surface area contributed by atoms with Crippen LogP contribution >= 0.6 is 11.6 Å². The first-order valence-corrected chi connectivity index (χ1v) is 7.57. The number of para-hydroxylation sites is 2. The third-order valence-corrected chi connectivity index (χ3v) is 4.06. The van der Waals surface area contributed by atoms with E-state index in [-0.39, 0.29) is 17.1 Å². The highest BCUT2D eigenvalue weighted by Crippen LogP contribution is 2.36. The van der Waals surface area contributed by atoms with Gasteiger partial charge in [0.15, 0.2) is 6.10 Å². The van der Waals surface area contributed by atoms with E-state index in [2.05, 4.69) is 0 Å². The number of halogens is 2. The van der Waals surface area contributed by atoms with E-state index >= 15 is 0 Å². The molecule has 1 aliphatic heterocycles. The summed E-state index contributed by atoms with van der Waals surface area (Å²) in [7, 11) is 0. The second-order valence-corrected chi connectivity index (χ2v) is 5.70. The average molecular weight is 350 g/mol. The molecule has 0 aliphatic carbocycles. The van der Waals surface area contributed by atoms with Crippen molar-refractivity contribution in [1.82, 2.24) is 0 Å². The molecule has 3 rings (SSSR count). The number of carbonyl (C=O) groups excluding carboxylic acids is 1. The first kappa shape index (κ1) is 16.3. The number of anilines is 1. The fraction of sp³-hybridized carbons (Fsp3) is 0.176. The maximum absolute atomic E-state index is 14.1. The second-order valence-electron chi connectivity index (χ2n) is 5.30. The van der Waals surface area contributed by atoms with Crippen molar-refractivity contribution >= 4 is 29.2 Å². The van der Waals surface area contributed by atoms with Gasteiger partial charge in [0, 0.05) is 10.6 Å². The summed E-state index contributed by atoms with van der Waals surface area (Å²) in [6.45, 7) is -0.110. The largest absolute Gasteiger partial charge is 0.481 e. The molecule has 1 heterocycles. The SMILES string of the molecule is O=C(O)CC1Oc2ccccc2N(Cc2c(F)cccc2Cl)C1=O. The highest BCUT2D eigenvalue weighted by molar-refractivity contribution is 6.31. The van der Waals surface area contributed by atoms with E-state index < -0.39 is 30.2 Å². The molecule has 7 heteroatoms. The Morgan fingerprint density at radius 1 is 1.25 bits per heavy atom. The van der Waals surface area contributed by atoms with Crippen LogP contribution in [0.5, 0.6) is 5.75 Å². The van der Waals surface area contributed by atoms with Crippen molar-refractivity contribution in [1.29, 1.82) is 0 Å². The van der Waals surface area contributed by atoms with Crippen LogP contribution in [0.25, 0.3) is 0 Å². The van der Waals surface area contributed by atoms with Crippen LogP contribution in [-0.2, 0) is 16.1 Å². The minimum Gasteiger partial charge on any atom is -0.481 e. The first-order valence-electron chi connectivity index (χ1n) is 7.19. The van der Waals surface area contributed by atoms with Gasteiger partial charge < -0.3 is 14.7 Å². The van der Waals surface area contributed by atoms with Gasteiger partial charge in [0.25, 0.3) is 5.91 Å². The lowest BCUT2D eigenvalue weighted by atomic mass is 10.1. The molecule has 0 bridgehead atoms. The van der Waals surface area contributed by atoms with Gasteiger partial charge in [-0.25, -0.2) is 4.39 Å². The minimum absolute atomic E-state index is 0.110. The Morgan fingerprint density at radius 2 is 2.00 bits per heavy atom. The van der Waals surface area contributed by atoms with Crippen LogP contribution in [0.1, 0.15) is 12.0 Å². The Bertz CT molecular complexity index is 791. The molecule has 0 saturated heterocycles. The minimum atomic E-state index is -1.16. The van der Waals surface area contributed by atoms with Gasteiger partial charge in [-0.1, -0.05) is 29.8 Å². The van der Waals surface area contributed by atoms with Crippen LogP contribution < -0.4 is 9.64 Å². The predicted octanol–water partition coefficient (Wildman–Crippen LogP) is 3.25. The lowest BCUT2D eigenvalue weighted by Gasteiger charge is -2.34. The van der Waals surface area contributed by atoms with E-state index in [1.54, 1.807) is 24.3 Å². The summed E-state index contributed by atoms with van der Waals surface area (Å²) in [5, 5.41) is 9.16. The number of hydrogen-bond donors (Lipinski definition) is 1.